The number of halogens is 6. The molecule has 0 aliphatic carbocycles. The van der Waals surface area contributed by atoms with Crippen molar-refractivity contribution in [1.82, 2.24) is 4.31 Å². The van der Waals surface area contributed by atoms with Crippen molar-refractivity contribution >= 4 is 27.0 Å². The molecule has 0 radical (unpaired) electrons. The number of rotatable bonds is 6. The molecular weight excluding hydrogens is 546 g/mol. The summed E-state index contributed by atoms with van der Waals surface area (Å²) in [6.45, 7) is 2.05. The highest BCUT2D eigenvalue weighted by Crippen LogP contribution is 2.50. The highest BCUT2D eigenvalue weighted by Gasteiger charge is 2.71. The minimum Gasteiger partial charge on any atom is -0.369 e. The third-order valence-electron chi connectivity index (χ3n) is 5.93. The first-order valence-corrected chi connectivity index (χ1v) is 13.3. The zero-order valence-electron chi connectivity index (χ0n) is 19.7. The molecule has 0 bridgehead atoms. The van der Waals surface area contributed by atoms with Crippen LogP contribution < -0.4 is 4.90 Å². The summed E-state index contributed by atoms with van der Waals surface area (Å²) in [4.78, 5) is 1.63. The van der Waals surface area contributed by atoms with Crippen molar-refractivity contribution < 1.29 is 44.6 Å². The van der Waals surface area contributed by atoms with Gasteiger partial charge in [0.05, 0.1) is 5.69 Å². The van der Waals surface area contributed by atoms with E-state index in [0.29, 0.717) is 18.6 Å². The maximum atomic E-state index is 13.5. The molecule has 3 rings (SSSR count). The number of benzene rings is 1. The standard InChI is InChI=1S/C23H24F6N2O4S2/c1-3-18(35-2)8-6-16-15-17(21(32,22(24,25)26)23(27,28)29)7-9-19(16)30-10-12-31(13-11-30)37(33,34)20-5-4-14-36-20/h4-5,7,9,14-15,18,32H,3,10-13H2,1-2H3. The lowest BCUT2D eigenvalue weighted by molar-refractivity contribution is -0.376. The number of sulfonamides is 1. The van der Waals surface area contributed by atoms with Gasteiger partial charge in [0.15, 0.2) is 0 Å². The summed E-state index contributed by atoms with van der Waals surface area (Å²) in [6, 6.07) is 5.23. The van der Waals surface area contributed by atoms with E-state index in [1.165, 1.54) is 17.5 Å². The van der Waals surface area contributed by atoms with Crippen LogP contribution in [0.2, 0.25) is 0 Å². The van der Waals surface area contributed by atoms with Crippen LogP contribution in [0.25, 0.3) is 0 Å². The van der Waals surface area contributed by atoms with Gasteiger partial charge in [0.1, 0.15) is 10.3 Å². The summed E-state index contributed by atoms with van der Waals surface area (Å²) in [5.41, 5.74) is -6.50. The van der Waals surface area contributed by atoms with E-state index < -0.39 is 39.6 Å². The Bertz CT molecular complexity index is 1220. The molecule has 37 heavy (non-hydrogen) atoms. The minimum atomic E-state index is -6.04. The molecule has 1 unspecified atom stereocenters. The Morgan fingerprint density at radius 1 is 1.08 bits per heavy atom. The SMILES string of the molecule is CCC(C#Cc1cc(C(O)(C(F)(F)F)C(F)(F)F)ccc1N1CCN(S(=O)(=O)c2cccs2)CC1)OC. The van der Waals surface area contributed by atoms with E-state index in [1.807, 2.05) is 0 Å². The number of thiophene rings is 1. The molecule has 1 aromatic heterocycles. The summed E-state index contributed by atoms with van der Waals surface area (Å²) < 4.78 is 113. The van der Waals surface area contributed by atoms with Gasteiger partial charge in [0.25, 0.3) is 15.6 Å². The predicted molar refractivity (Wildman–Crippen MR) is 126 cm³/mol. The van der Waals surface area contributed by atoms with Crippen LogP contribution in [-0.2, 0) is 20.4 Å². The second kappa shape index (κ2) is 10.8. The van der Waals surface area contributed by atoms with Crippen LogP contribution in [0.15, 0.2) is 39.9 Å². The minimum absolute atomic E-state index is 0.0412. The number of hydrogen-bond donors (Lipinski definition) is 1. The van der Waals surface area contributed by atoms with Gasteiger partial charge < -0.3 is 14.7 Å². The molecule has 1 aromatic carbocycles. The molecule has 204 valence electrons. The Balaban J connectivity index is 2.00. The number of alkyl halides is 6. The van der Waals surface area contributed by atoms with Gasteiger partial charge in [-0.1, -0.05) is 30.9 Å². The number of hydrogen-bond acceptors (Lipinski definition) is 6. The summed E-state index contributed by atoms with van der Waals surface area (Å²) in [5.74, 6) is 5.27. The van der Waals surface area contributed by atoms with Crippen LogP contribution in [-0.4, -0.2) is 69.6 Å². The van der Waals surface area contributed by atoms with Gasteiger partial charge in [0.2, 0.25) is 0 Å². The molecule has 0 saturated carbocycles. The lowest BCUT2D eigenvalue weighted by Gasteiger charge is -2.36. The molecule has 1 atom stereocenters. The largest absolute Gasteiger partial charge is 0.430 e. The average molecular weight is 571 g/mol. The smallest absolute Gasteiger partial charge is 0.369 e. The average Bonchev–Trinajstić information content (AvgIpc) is 3.39. The Morgan fingerprint density at radius 3 is 2.19 bits per heavy atom. The van der Waals surface area contributed by atoms with E-state index in [-0.39, 0.29) is 41.6 Å². The molecule has 1 N–H and O–H groups in total. The van der Waals surface area contributed by atoms with Gasteiger partial charge in [-0.25, -0.2) is 8.42 Å². The van der Waals surface area contributed by atoms with Crippen molar-refractivity contribution in [1.29, 1.82) is 0 Å². The molecule has 14 heteroatoms. The predicted octanol–water partition coefficient (Wildman–Crippen LogP) is 4.35. The van der Waals surface area contributed by atoms with Gasteiger partial charge >= 0.3 is 12.4 Å². The Labute approximate surface area is 214 Å². The number of aliphatic hydroxyl groups is 1. The van der Waals surface area contributed by atoms with Crippen LogP contribution in [0.3, 0.4) is 0 Å². The maximum Gasteiger partial charge on any atom is 0.430 e. The molecule has 0 spiro atoms. The zero-order chi connectivity index (χ0) is 27.6. The molecular formula is C23H24F6N2O4S2. The van der Waals surface area contributed by atoms with Crippen molar-refractivity contribution in [3.8, 4) is 11.8 Å². The molecule has 1 saturated heterocycles. The normalized spacial score (nSPS) is 16.8. The van der Waals surface area contributed by atoms with E-state index in [0.717, 1.165) is 17.4 Å². The summed E-state index contributed by atoms with van der Waals surface area (Å²) in [5, 5.41) is 11.5. The molecule has 1 aliphatic rings. The first-order chi connectivity index (χ1) is 17.2. The van der Waals surface area contributed by atoms with Crippen molar-refractivity contribution in [3.05, 3.63) is 46.8 Å². The molecule has 6 nitrogen and oxygen atoms in total. The first kappa shape index (κ1) is 29.2. The van der Waals surface area contributed by atoms with Crippen LogP contribution >= 0.6 is 11.3 Å². The van der Waals surface area contributed by atoms with Crippen molar-refractivity contribution in [2.45, 2.75) is 41.6 Å². The topological polar surface area (TPSA) is 70.1 Å². The monoisotopic (exact) mass is 570 g/mol. The van der Waals surface area contributed by atoms with Crippen molar-refractivity contribution in [2.75, 3.05) is 38.2 Å². The van der Waals surface area contributed by atoms with Crippen LogP contribution in [0.4, 0.5) is 32.0 Å². The van der Waals surface area contributed by atoms with Gasteiger partial charge in [-0.05, 0) is 30.0 Å². The fraction of sp³-hybridized carbons (Fsp3) is 0.478. The lowest BCUT2D eigenvalue weighted by atomic mass is 9.90. The number of nitrogens with zero attached hydrogens (tertiary/aromatic N) is 2. The van der Waals surface area contributed by atoms with Crippen LogP contribution in [0.5, 0.6) is 0 Å². The number of methoxy groups -OCH3 is 1. The molecule has 2 aromatic rings. The highest BCUT2D eigenvalue weighted by molar-refractivity contribution is 7.91. The third kappa shape index (κ3) is 5.75. The number of piperazine rings is 1. The Kier molecular flexibility index (Phi) is 8.55. The van der Waals surface area contributed by atoms with E-state index >= 15 is 0 Å². The fourth-order valence-electron chi connectivity index (χ4n) is 3.82. The lowest BCUT2D eigenvalue weighted by Crippen LogP contribution is -2.54. The van der Waals surface area contributed by atoms with Crippen molar-refractivity contribution in [3.63, 3.8) is 0 Å². The Morgan fingerprint density at radius 2 is 1.70 bits per heavy atom. The number of ether oxygens (including phenoxy) is 1. The molecule has 2 heterocycles. The van der Waals surface area contributed by atoms with E-state index in [4.69, 9.17) is 4.74 Å². The van der Waals surface area contributed by atoms with E-state index in [9.17, 15) is 39.9 Å². The van der Waals surface area contributed by atoms with Crippen LogP contribution in [0.1, 0.15) is 24.5 Å². The van der Waals surface area contributed by atoms with Gasteiger partial charge in [-0.15, -0.1) is 11.3 Å². The molecule has 1 aliphatic heterocycles. The zero-order valence-corrected chi connectivity index (χ0v) is 21.4. The van der Waals surface area contributed by atoms with E-state index in [2.05, 4.69) is 11.8 Å². The summed E-state index contributed by atoms with van der Waals surface area (Å²) >= 11 is 1.06. The van der Waals surface area contributed by atoms with Crippen LogP contribution in [0, 0.1) is 11.8 Å². The fourth-order valence-corrected chi connectivity index (χ4v) is 6.38. The maximum absolute atomic E-state index is 13.5. The summed E-state index contributed by atoms with van der Waals surface area (Å²) in [6.07, 6.45) is -12.3. The second-order valence-corrected chi connectivity index (χ2v) is 11.3. The second-order valence-electron chi connectivity index (χ2n) is 8.16. The first-order valence-electron chi connectivity index (χ1n) is 11.0. The van der Waals surface area contributed by atoms with Crippen molar-refractivity contribution in [2.24, 2.45) is 0 Å². The highest BCUT2D eigenvalue weighted by atomic mass is 32.2. The van der Waals surface area contributed by atoms with E-state index in [1.54, 1.807) is 23.3 Å². The van der Waals surface area contributed by atoms with Gasteiger partial charge in [0, 0.05) is 44.4 Å². The third-order valence-corrected chi connectivity index (χ3v) is 9.20. The van der Waals surface area contributed by atoms with Gasteiger partial charge in [-0.2, -0.15) is 30.6 Å². The van der Waals surface area contributed by atoms with Gasteiger partial charge in [-0.3, -0.25) is 0 Å². The summed E-state index contributed by atoms with van der Waals surface area (Å²) in [7, 11) is -2.36. The molecule has 0 amide bonds. The number of anilines is 1. The molecule has 1 fully saturated rings. The quantitative estimate of drug-likeness (QED) is 0.413. The Hall–Kier alpha value is -2.31.